The minimum Gasteiger partial charge on any atom is -0.491 e. The Morgan fingerprint density at radius 3 is 1.74 bits per heavy atom. The van der Waals surface area contributed by atoms with Crippen molar-refractivity contribution in [3.63, 3.8) is 0 Å². The Morgan fingerprint density at radius 1 is 0.766 bits per heavy atom. The lowest BCUT2D eigenvalue weighted by atomic mass is 10.0. The molecule has 0 aliphatic carbocycles. The monoisotopic (exact) mass is 664 g/mol. The van der Waals surface area contributed by atoms with Gasteiger partial charge in [-0.3, -0.25) is 34.0 Å². The van der Waals surface area contributed by atoms with Gasteiger partial charge in [0.1, 0.15) is 24.4 Å². The van der Waals surface area contributed by atoms with Gasteiger partial charge in [-0.25, -0.2) is 4.79 Å². The van der Waals surface area contributed by atoms with Crippen LogP contribution in [0.3, 0.4) is 0 Å². The Kier molecular flexibility index (Phi) is 18.6. The van der Waals surface area contributed by atoms with Crippen molar-refractivity contribution < 1.29 is 48.3 Å². The number of carbonyl (C=O) groups excluding carboxylic acids is 2. The first-order valence-corrected chi connectivity index (χ1v) is 16.3. The SMILES string of the molecule is C=COC(=O)C(Cc1ccc(OCCOCC)cc1)N1CCN(CC(=O)O)CCN(C(CC)C(=O)OCC)CCN(CC(=O)O)CC1. The number of carbonyl (C=O) groups is 4. The first kappa shape index (κ1) is 39.6. The molecule has 1 heterocycles. The van der Waals surface area contributed by atoms with Gasteiger partial charge in [-0.05, 0) is 44.4 Å². The Hall–Kier alpha value is -3.56. The summed E-state index contributed by atoms with van der Waals surface area (Å²) in [5.41, 5.74) is 0.851. The van der Waals surface area contributed by atoms with E-state index in [1.807, 2.05) is 47.9 Å². The van der Waals surface area contributed by atoms with E-state index in [0.29, 0.717) is 84.3 Å². The van der Waals surface area contributed by atoms with E-state index < -0.39 is 30.0 Å². The molecule has 1 aliphatic heterocycles. The van der Waals surface area contributed by atoms with Crippen LogP contribution in [0.4, 0.5) is 0 Å². The fourth-order valence-corrected chi connectivity index (χ4v) is 5.49. The Balaban J connectivity index is 2.35. The molecule has 1 aliphatic rings. The Labute approximate surface area is 277 Å². The molecular formula is C33H52N4O10. The van der Waals surface area contributed by atoms with Gasteiger partial charge in [0, 0.05) is 59.0 Å². The quantitative estimate of drug-likeness (QED) is 0.132. The Morgan fingerprint density at radius 2 is 1.30 bits per heavy atom. The van der Waals surface area contributed by atoms with Crippen molar-refractivity contribution in [1.82, 2.24) is 19.6 Å². The van der Waals surface area contributed by atoms with Gasteiger partial charge in [0.15, 0.2) is 0 Å². The maximum Gasteiger partial charge on any atom is 0.328 e. The summed E-state index contributed by atoms with van der Waals surface area (Å²) < 4.78 is 21.6. The molecule has 0 aromatic heterocycles. The predicted octanol–water partition coefficient (Wildman–Crippen LogP) is 1.43. The number of hydrogen-bond acceptors (Lipinski definition) is 12. The van der Waals surface area contributed by atoms with Crippen LogP contribution in [0.25, 0.3) is 0 Å². The van der Waals surface area contributed by atoms with Gasteiger partial charge in [0.25, 0.3) is 0 Å². The zero-order chi connectivity index (χ0) is 34.6. The summed E-state index contributed by atoms with van der Waals surface area (Å²) in [6, 6.07) is 6.08. The van der Waals surface area contributed by atoms with E-state index in [4.69, 9.17) is 18.9 Å². The van der Waals surface area contributed by atoms with Crippen molar-refractivity contribution in [2.45, 2.75) is 45.7 Å². The van der Waals surface area contributed by atoms with Crippen LogP contribution in [-0.4, -0.2) is 158 Å². The summed E-state index contributed by atoms with van der Waals surface area (Å²) in [5.74, 6) is -2.21. The van der Waals surface area contributed by atoms with Crippen LogP contribution in [0.1, 0.15) is 32.8 Å². The summed E-state index contributed by atoms with van der Waals surface area (Å²) in [6.45, 7) is 13.0. The largest absolute Gasteiger partial charge is 0.491 e. The molecule has 264 valence electrons. The van der Waals surface area contributed by atoms with Gasteiger partial charge >= 0.3 is 23.9 Å². The molecule has 2 atom stereocenters. The third-order valence-corrected chi connectivity index (χ3v) is 7.88. The number of nitrogens with zero attached hydrogens (tertiary/aromatic N) is 4. The molecular weight excluding hydrogens is 612 g/mol. The van der Waals surface area contributed by atoms with Crippen LogP contribution in [0.2, 0.25) is 0 Å². The number of esters is 2. The highest BCUT2D eigenvalue weighted by molar-refractivity contribution is 5.77. The number of hydrogen-bond donors (Lipinski definition) is 2. The minimum atomic E-state index is -0.994. The van der Waals surface area contributed by atoms with Gasteiger partial charge in [-0.2, -0.15) is 0 Å². The summed E-state index contributed by atoms with van der Waals surface area (Å²) in [6.07, 6.45) is 1.85. The predicted molar refractivity (Wildman–Crippen MR) is 174 cm³/mol. The topological polar surface area (TPSA) is 159 Å². The second-order valence-electron chi connectivity index (χ2n) is 11.1. The molecule has 1 fully saturated rings. The standard InChI is InChI=1S/C33H52N4O10/c1-5-28(32(42)45-7-3)36-17-13-34(24-30(38)39)15-19-37(20-16-35(14-18-36)25-31(40)41)29(33(43)46-8-4)23-26-9-11-27(12-10-26)47-22-21-44-6-2/h8-12,28-29H,4-7,13-25H2,1-3H3,(H,38,39)(H,40,41). The fraction of sp³-hybridized carbons (Fsp3) is 0.636. The third-order valence-electron chi connectivity index (χ3n) is 7.88. The van der Waals surface area contributed by atoms with E-state index in [1.54, 1.807) is 16.7 Å². The molecule has 0 spiro atoms. The second kappa shape index (κ2) is 22.1. The number of aliphatic carboxylic acids is 2. The lowest BCUT2D eigenvalue weighted by Crippen LogP contribution is -2.54. The minimum absolute atomic E-state index is 0.227. The van der Waals surface area contributed by atoms with Gasteiger partial charge < -0.3 is 29.2 Å². The Bertz CT molecular complexity index is 1090. The molecule has 1 aromatic carbocycles. The molecule has 0 radical (unpaired) electrons. The zero-order valence-corrected chi connectivity index (χ0v) is 28.0. The lowest BCUT2D eigenvalue weighted by Gasteiger charge is -2.37. The van der Waals surface area contributed by atoms with E-state index in [2.05, 4.69) is 6.58 Å². The highest BCUT2D eigenvalue weighted by Crippen LogP contribution is 2.17. The molecule has 0 amide bonds. The number of ether oxygens (including phenoxy) is 4. The molecule has 1 aromatic rings. The lowest BCUT2D eigenvalue weighted by molar-refractivity contribution is -0.150. The van der Waals surface area contributed by atoms with Gasteiger partial charge in [-0.1, -0.05) is 25.6 Å². The number of rotatable bonds is 18. The van der Waals surface area contributed by atoms with Gasteiger partial charge in [-0.15, -0.1) is 0 Å². The third kappa shape index (κ3) is 14.8. The molecule has 14 nitrogen and oxygen atoms in total. The van der Waals surface area contributed by atoms with Crippen molar-refractivity contribution >= 4 is 23.9 Å². The number of carboxylic acid groups (broad SMARTS) is 2. The smallest absolute Gasteiger partial charge is 0.328 e. The molecule has 1 saturated heterocycles. The average molecular weight is 665 g/mol. The number of carboxylic acids is 2. The van der Waals surface area contributed by atoms with Crippen LogP contribution < -0.4 is 4.74 Å². The van der Waals surface area contributed by atoms with E-state index >= 15 is 0 Å². The van der Waals surface area contributed by atoms with E-state index in [1.165, 1.54) is 0 Å². The van der Waals surface area contributed by atoms with Crippen LogP contribution in [0.5, 0.6) is 5.75 Å². The highest BCUT2D eigenvalue weighted by atomic mass is 16.5. The van der Waals surface area contributed by atoms with Crippen molar-refractivity contribution in [3.05, 3.63) is 42.7 Å². The summed E-state index contributed by atoms with van der Waals surface area (Å²) in [4.78, 5) is 57.2. The molecule has 14 heteroatoms. The van der Waals surface area contributed by atoms with Crippen molar-refractivity contribution in [1.29, 1.82) is 0 Å². The van der Waals surface area contributed by atoms with E-state index in [0.717, 1.165) is 11.8 Å². The summed E-state index contributed by atoms with van der Waals surface area (Å²) in [7, 11) is 0. The fourth-order valence-electron chi connectivity index (χ4n) is 5.49. The van der Waals surface area contributed by atoms with Crippen LogP contribution in [0, 0.1) is 0 Å². The van der Waals surface area contributed by atoms with Crippen LogP contribution in [-0.2, 0) is 39.8 Å². The molecule has 2 rings (SSSR count). The van der Waals surface area contributed by atoms with Gasteiger partial charge in [0.05, 0.1) is 32.6 Å². The molecule has 0 bridgehead atoms. The van der Waals surface area contributed by atoms with Crippen molar-refractivity contribution in [2.75, 3.05) is 91.9 Å². The van der Waals surface area contributed by atoms with Crippen LogP contribution >= 0.6 is 0 Å². The summed E-state index contributed by atoms with van der Waals surface area (Å²) in [5, 5.41) is 19.4. The van der Waals surface area contributed by atoms with Crippen molar-refractivity contribution in [3.8, 4) is 5.75 Å². The molecule has 0 saturated carbocycles. The maximum absolute atomic E-state index is 13.3. The first-order valence-electron chi connectivity index (χ1n) is 16.3. The second-order valence-corrected chi connectivity index (χ2v) is 11.1. The van der Waals surface area contributed by atoms with Crippen molar-refractivity contribution in [2.24, 2.45) is 0 Å². The maximum atomic E-state index is 13.3. The highest BCUT2D eigenvalue weighted by Gasteiger charge is 2.31. The first-order chi connectivity index (χ1) is 22.6. The molecule has 2 unspecified atom stereocenters. The zero-order valence-electron chi connectivity index (χ0n) is 28.0. The van der Waals surface area contributed by atoms with Crippen LogP contribution in [0.15, 0.2) is 37.1 Å². The average Bonchev–Trinajstić information content (AvgIpc) is 3.02. The van der Waals surface area contributed by atoms with E-state index in [-0.39, 0.29) is 32.1 Å². The normalized spacial score (nSPS) is 17.4. The summed E-state index contributed by atoms with van der Waals surface area (Å²) >= 11 is 0. The molecule has 2 N–H and O–H groups in total. The number of benzene rings is 1. The van der Waals surface area contributed by atoms with Gasteiger partial charge in [0.2, 0.25) is 0 Å². The molecule has 47 heavy (non-hydrogen) atoms. The van der Waals surface area contributed by atoms with E-state index in [9.17, 15) is 29.4 Å².